The molecule has 0 bridgehead atoms. The van der Waals surface area contributed by atoms with Gasteiger partial charge in [-0.25, -0.2) is 16.8 Å². The van der Waals surface area contributed by atoms with Gasteiger partial charge in [0.05, 0.1) is 49.1 Å². The van der Waals surface area contributed by atoms with Crippen LogP contribution >= 0.6 is 0 Å². The highest BCUT2D eigenvalue weighted by Gasteiger charge is 2.46. The van der Waals surface area contributed by atoms with E-state index in [9.17, 15) is 77.5 Å². The molecule has 6 rings (SSSR count). The van der Waals surface area contributed by atoms with Crippen molar-refractivity contribution < 1.29 is 96.4 Å². The molecule has 388 valence electrons. The summed E-state index contributed by atoms with van der Waals surface area (Å²) in [5.41, 5.74) is 4.13. The summed E-state index contributed by atoms with van der Waals surface area (Å²) in [6, 6.07) is 22.9. The van der Waals surface area contributed by atoms with E-state index in [4.69, 9.17) is 18.9 Å². The Labute approximate surface area is 410 Å². The second kappa shape index (κ2) is 24.6. The van der Waals surface area contributed by atoms with E-state index in [2.05, 4.69) is 0 Å². The third kappa shape index (κ3) is 15.0. The number of aryl methyl sites for hydroxylation is 2. The second-order valence-corrected chi connectivity index (χ2v) is 22.3. The third-order valence-corrected chi connectivity index (χ3v) is 15.9. The first-order chi connectivity index (χ1) is 33.7. The lowest BCUT2D eigenvalue weighted by molar-refractivity contribution is -0.277. The molecule has 4 aromatic rings. The van der Waals surface area contributed by atoms with Crippen LogP contribution in [0.1, 0.15) is 41.5 Å². The van der Waals surface area contributed by atoms with Gasteiger partial charge in [-0.15, -0.1) is 0 Å². The Morgan fingerprint density at radius 3 is 1.23 bits per heavy atom. The van der Waals surface area contributed by atoms with Crippen molar-refractivity contribution in [1.82, 2.24) is 0 Å². The summed E-state index contributed by atoms with van der Waals surface area (Å²) in [7, 11) is -7.40. The van der Waals surface area contributed by atoms with Crippen LogP contribution < -0.4 is 9.47 Å². The van der Waals surface area contributed by atoms with Gasteiger partial charge in [0.25, 0.3) is 0 Å². The van der Waals surface area contributed by atoms with Crippen molar-refractivity contribution in [1.29, 1.82) is 0 Å². The van der Waals surface area contributed by atoms with Crippen molar-refractivity contribution in [3.05, 3.63) is 107 Å². The fourth-order valence-electron chi connectivity index (χ4n) is 8.44. The second-order valence-electron chi connectivity index (χ2n) is 17.7. The predicted octanol–water partition coefficient (Wildman–Crippen LogP) is 0.417. The SMILES string of the molecule is O=C(O)Cc1cccc(-c2cc(CCCS(=O)(=O)CCCS(=O)(=O)CCCc3ccc(O[C@H]4O[C@H](CO)[C@@H](O)[C@@H](O)[C@@H]4O)c(-c4cccc(CC(=O)O)c4)c3)ccc2O[C@H]2O[C@H](CO)[C@@H](O)[C@@H](O)[C@@H]2O)c1. The summed E-state index contributed by atoms with van der Waals surface area (Å²) in [6.45, 7) is -1.36. The van der Waals surface area contributed by atoms with Gasteiger partial charge >= 0.3 is 11.9 Å². The number of rotatable bonds is 24. The summed E-state index contributed by atoms with van der Waals surface area (Å²) in [5.74, 6) is -3.10. The third-order valence-electron chi connectivity index (χ3n) is 12.2. The molecule has 0 spiro atoms. The van der Waals surface area contributed by atoms with Gasteiger partial charge in [0, 0.05) is 11.1 Å². The number of carboxylic acid groups (broad SMARTS) is 2. The van der Waals surface area contributed by atoms with Crippen LogP contribution in [0.2, 0.25) is 0 Å². The van der Waals surface area contributed by atoms with Crippen molar-refractivity contribution in [3.8, 4) is 33.8 Å². The highest BCUT2D eigenvalue weighted by atomic mass is 32.2. The van der Waals surface area contributed by atoms with Crippen LogP contribution in [0.15, 0.2) is 84.9 Å². The topological polar surface area (TPSA) is 342 Å². The lowest BCUT2D eigenvalue weighted by atomic mass is 9.97. The molecule has 0 radical (unpaired) electrons. The number of aliphatic hydroxyl groups excluding tert-OH is 8. The molecule has 0 unspecified atom stereocenters. The lowest BCUT2D eigenvalue weighted by Crippen LogP contribution is -2.60. The summed E-state index contributed by atoms with van der Waals surface area (Å²) in [6.07, 6.45) is -15.4. The number of carboxylic acids is 2. The first-order valence-corrected chi connectivity index (χ1v) is 26.5. The van der Waals surface area contributed by atoms with E-state index in [1.165, 1.54) is 12.1 Å². The minimum atomic E-state index is -3.70. The number of sulfone groups is 2. The zero-order chi connectivity index (χ0) is 51.6. The lowest BCUT2D eigenvalue weighted by Gasteiger charge is -2.39. The van der Waals surface area contributed by atoms with Gasteiger partial charge in [0.1, 0.15) is 80.0 Å². The monoisotopic (exact) mass is 1030 g/mol. The minimum Gasteiger partial charge on any atom is -0.481 e. The zero-order valence-electron chi connectivity index (χ0n) is 38.4. The van der Waals surface area contributed by atoms with Crippen molar-refractivity contribution in [2.24, 2.45) is 0 Å². The van der Waals surface area contributed by atoms with Crippen LogP contribution in [0.3, 0.4) is 0 Å². The van der Waals surface area contributed by atoms with Crippen LogP contribution in [0.4, 0.5) is 0 Å². The van der Waals surface area contributed by atoms with Gasteiger partial charge in [-0.2, -0.15) is 0 Å². The van der Waals surface area contributed by atoms with Crippen LogP contribution in [0.25, 0.3) is 22.3 Å². The van der Waals surface area contributed by atoms with E-state index in [-0.39, 0.29) is 79.5 Å². The molecule has 0 aromatic heterocycles. The normalized spacial score (nSPS) is 24.8. The van der Waals surface area contributed by atoms with Crippen molar-refractivity contribution in [2.75, 3.05) is 36.2 Å². The number of carbonyl (C=O) groups is 2. The van der Waals surface area contributed by atoms with E-state index in [0.29, 0.717) is 44.5 Å². The highest BCUT2D eigenvalue weighted by Crippen LogP contribution is 2.37. The molecular formula is C49H60O20S2. The quantitative estimate of drug-likeness (QED) is 0.0455. The van der Waals surface area contributed by atoms with E-state index < -0.39 is 106 Å². The Kier molecular flexibility index (Phi) is 19.1. The molecule has 0 aliphatic carbocycles. The van der Waals surface area contributed by atoms with Gasteiger partial charge < -0.3 is 70.0 Å². The first-order valence-electron chi connectivity index (χ1n) is 22.9. The van der Waals surface area contributed by atoms with Crippen LogP contribution in [-0.4, -0.2) is 177 Å². The van der Waals surface area contributed by atoms with Crippen LogP contribution in [-0.2, 0) is 64.4 Å². The van der Waals surface area contributed by atoms with Gasteiger partial charge in [-0.3, -0.25) is 9.59 Å². The maximum Gasteiger partial charge on any atom is 0.307 e. The molecule has 0 amide bonds. The number of aliphatic hydroxyl groups is 8. The van der Waals surface area contributed by atoms with E-state index in [1.807, 2.05) is 0 Å². The van der Waals surface area contributed by atoms with Crippen molar-refractivity contribution in [2.45, 2.75) is 106 Å². The predicted molar refractivity (Wildman–Crippen MR) is 254 cm³/mol. The Morgan fingerprint density at radius 2 is 0.859 bits per heavy atom. The average molecular weight is 1030 g/mol. The standard InChI is InChI=1S/C49H60O20S2/c50-26-38-42(56)44(58)46(60)48(68-38)66-36-14-12-28(22-34(36)32-10-1-6-30(20-32)24-40(52)53)8-3-16-70(62,63)18-5-19-71(64,65)17-4-9-29-13-15-37(67-49-47(61)45(59)43(57)39(27-51)69-49)35(23-29)33-11-2-7-31(21-33)25-41(54)55/h1-2,6-7,10-15,20-23,38-39,42-51,56-61H,3-5,8-9,16-19,24-27H2,(H,52,53)(H,54,55)/t38-,39-,42-,43-,44-,45-,46+,47+,48+,49+/m1/s1. The Bertz CT molecular complexity index is 2490. The van der Waals surface area contributed by atoms with Gasteiger partial charge in [-0.05, 0) is 89.8 Å². The Hall–Kier alpha value is -5.08. The Morgan fingerprint density at radius 1 is 0.479 bits per heavy atom. The summed E-state index contributed by atoms with van der Waals surface area (Å²) in [5, 5.41) is 100. The molecule has 2 aliphatic rings. The number of aliphatic carboxylic acids is 2. The maximum atomic E-state index is 13.1. The highest BCUT2D eigenvalue weighted by molar-refractivity contribution is 7.92. The fourth-order valence-corrected chi connectivity index (χ4v) is 11.4. The first kappa shape index (κ1) is 55.2. The molecule has 22 heteroatoms. The van der Waals surface area contributed by atoms with Crippen LogP contribution in [0, 0.1) is 0 Å². The summed E-state index contributed by atoms with van der Waals surface area (Å²) in [4.78, 5) is 22.9. The molecule has 0 saturated carbocycles. The molecule has 71 heavy (non-hydrogen) atoms. The number of ether oxygens (including phenoxy) is 4. The van der Waals surface area contributed by atoms with Gasteiger partial charge in [-0.1, -0.05) is 60.7 Å². The fraction of sp³-hybridized carbons (Fsp3) is 0.469. The molecule has 4 aromatic carbocycles. The smallest absolute Gasteiger partial charge is 0.307 e. The van der Waals surface area contributed by atoms with Gasteiger partial charge in [0.2, 0.25) is 12.6 Å². The average Bonchev–Trinajstić information content (AvgIpc) is 3.32. The van der Waals surface area contributed by atoms with E-state index in [1.54, 1.807) is 72.8 Å². The van der Waals surface area contributed by atoms with Crippen LogP contribution in [0.5, 0.6) is 11.5 Å². The number of hydrogen-bond donors (Lipinski definition) is 10. The minimum absolute atomic E-state index is 0.133. The summed E-state index contributed by atoms with van der Waals surface area (Å²) >= 11 is 0. The molecule has 10 atom stereocenters. The molecule has 2 aliphatic heterocycles. The number of hydrogen-bond acceptors (Lipinski definition) is 18. The molecule has 2 fully saturated rings. The largest absolute Gasteiger partial charge is 0.481 e. The molecule has 2 heterocycles. The number of benzene rings is 4. The van der Waals surface area contributed by atoms with E-state index >= 15 is 0 Å². The summed E-state index contributed by atoms with van der Waals surface area (Å²) < 4.78 is 75.5. The molecule has 20 nitrogen and oxygen atoms in total. The maximum absolute atomic E-state index is 13.1. The molecular weight excluding hydrogens is 973 g/mol. The zero-order valence-corrected chi connectivity index (χ0v) is 40.1. The molecule has 10 N–H and O–H groups in total. The Balaban J connectivity index is 1.05. The molecule has 2 saturated heterocycles. The van der Waals surface area contributed by atoms with E-state index in [0.717, 1.165) is 0 Å². The van der Waals surface area contributed by atoms with Gasteiger partial charge in [0.15, 0.2) is 0 Å². The van der Waals surface area contributed by atoms with Crippen molar-refractivity contribution >= 4 is 31.6 Å². The van der Waals surface area contributed by atoms with Crippen molar-refractivity contribution in [3.63, 3.8) is 0 Å².